The molecule has 1 aliphatic carbocycles. The van der Waals surface area contributed by atoms with Crippen LogP contribution in [-0.4, -0.2) is 25.5 Å². The second-order valence-electron chi connectivity index (χ2n) is 6.90. The van der Waals surface area contributed by atoms with E-state index in [1.54, 1.807) is 0 Å². The third-order valence-electron chi connectivity index (χ3n) is 4.85. The molecule has 1 aliphatic rings. The normalized spacial score (nSPS) is 14.7. The number of carbonyl (C=O) groups is 1. The first-order chi connectivity index (χ1) is 13.7. The second-order valence-corrected chi connectivity index (χ2v) is 6.90. The summed E-state index contributed by atoms with van der Waals surface area (Å²) in [4.78, 5) is 10.5. The number of nitrogens with two attached hydrogens (primary N) is 1. The molecule has 3 rings (SSSR count). The van der Waals surface area contributed by atoms with Crippen molar-refractivity contribution in [2.45, 2.75) is 38.0 Å². The van der Waals surface area contributed by atoms with Crippen molar-refractivity contribution in [3.63, 3.8) is 0 Å². The van der Waals surface area contributed by atoms with Crippen LogP contribution >= 0.6 is 0 Å². The lowest BCUT2D eigenvalue weighted by Crippen LogP contribution is -2.24. The zero-order valence-electron chi connectivity index (χ0n) is 16.0. The first-order valence-corrected chi connectivity index (χ1v) is 9.75. The van der Waals surface area contributed by atoms with Crippen LogP contribution in [0.15, 0.2) is 53.6 Å². The Kier molecular flexibility index (Phi) is 7.29. The van der Waals surface area contributed by atoms with Gasteiger partial charge in [-0.25, -0.2) is 10.2 Å². The highest BCUT2D eigenvalue weighted by Gasteiger charge is 2.15. The fourth-order valence-electron chi connectivity index (χ4n) is 3.41. The van der Waals surface area contributed by atoms with E-state index in [2.05, 4.69) is 34.8 Å². The van der Waals surface area contributed by atoms with Crippen molar-refractivity contribution in [3.8, 4) is 11.5 Å². The predicted octanol–water partition coefficient (Wildman–Crippen LogP) is 4.19. The van der Waals surface area contributed by atoms with E-state index >= 15 is 0 Å². The molecule has 2 aromatic carbocycles. The molecule has 1 fully saturated rings. The fraction of sp³-hybridized carbons (Fsp3) is 0.364. The minimum Gasteiger partial charge on any atom is -0.490 e. The highest BCUT2D eigenvalue weighted by molar-refractivity contribution is 5.81. The molecule has 0 unspecified atom stereocenters. The Hall–Kier alpha value is -3.02. The third kappa shape index (κ3) is 6.30. The second kappa shape index (κ2) is 10.3. The summed E-state index contributed by atoms with van der Waals surface area (Å²) in [7, 11) is 0. The van der Waals surface area contributed by atoms with Gasteiger partial charge in [-0.15, -0.1) is 0 Å². The maximum absolute atomic E-state index is 10.5. The number of benzene rings is 2. The van der Waals surface area contributed by atoms with Gasteiger partial charge in [0.1, 0.15) is 24.7 Å². The van der Waals surface area contributed by atoms with Crippen LogP contribution < -0.4 is 20.6 Å². The molecule has 3 N–H and O–H groups in total. The summed E-state index contributed by atoms with van der Waals surface area (Å²) in [6.45, 7) is 0.940. The molecule has 0 aromatic heterocycles. The molecular formula is C22H27N3O3. The van der Waals surface area contributed by atoms with Gasteiger partial charge < -0.3 is 15.2 Å². The maximum atomic E-state index is 10.5. The van der Waals surface area contributed by atoms with Crippen molar-refractivity contribution in [2.75, 3.05) is 13.2 Å². The summed E-state index contributed by atoms with van der Waals surface area (Å²) < 4.78 is 11.5. The number of nitrogens with one attached hydrogen (secondary N) is 1. The highest BCUT2D eigenvalue weighted by Crippen LogP contribution is 2.33. The topological polar surface area (TPSA) is 85.9 Å². The van der Waals surface area contributed by atoms with E-state index in [-0.39, 0.29) is 0 Å². The lowest BCUT2D eigenvalue weighted by atomic mass is 9.84. The van der Waals surface area contributed by atoms with Crippen LogP contribution in [0, 0.1) is 0 Å². The van der Waals surface area contributed by atoms with E-state index in [0.717, 1.165) is 17.1 Å². The summed E-state index contributed by atoms with van der Waals surface area (Å²) in [5.74, 6) is 2.33. The van der Waals surface area contributed by atoms with Crippen molar-refractivity contribution < 1.29 is 14.3 Å². The van der Waals surface area contributed by atoms with E-state index in [1.807, 2.05) is 24.3 Å². The molecule has 148 valence electrons. The number of hydrogen-bond acceptors (Lipinski definition) is 4. The molecule has 0 spiro atoms. The summed E-state index contributed by atoms with van der Waals surface area (Å²) in [6.07, 6.45) is 8.19. The minimum absolute atomic E-state index is 0.459. The van der Waals surface area contributed by atoms with Crippen LogP contribution in [0.2, 0.25) is 0 Å². The molecule has 28 heavy (non-hydrogen) atoms. The summed E-state index contributed by atoms with van der Waals surface area (Å²) >= 11 is 0. The van der Waals surface area contributed by atoms with Crippen LogP contribution in [-0.2, 0) is 0 Å². The van der Waals surface area contributed by atoms with Crippen LogP contribution in [0.1, 0.15) is 49.1 Å². The Labute approximate surface area is 165 Å². The number of primary amides is 1. The zero-order chi connectivity index (χ0) is 19.6. The SMILES string of the molecule is NC(=O)NN=Cc1ccc(OCCOc2ccc(C3CCCCC3)cc2)cc1. The Morgan fingerprint density at radius 2 is 1.54 bits per heavy atom. The predicted molar refractivity (Wildman–Crippen MR) is 110 cm³/mol. The van der Waals surface area contributed by atoms with E-state index in [4.69, 9.17) is 15.2 Å². The Morgan fingerprint density at radius 1 is 0.964 bits per heavy atom. The fourth-order valence-corrected chi connectivity index (χ4v) is 3.41. The summed E-state index contributed by atoms with van der Waals surface area (Å²) in [5.41, 5.74) is 9.34. The maximum Gasteiger partial charge on any atom is 0.332 e. The lowest BCUT2D eigenvalue weighted by Gasteiger charge is -2.22. The average molecular weight is 381 g/mol. The molecule has 0 aliphatic heterocycles. The van der Waals surface area contributed by atoms with Crippen LogP contribution in [0.25, 0.3) is 0 Å². The van der Waals surface area contributed by atoms with Crippen LogP contribution in [0.5, 0.6) is 11.5 Å². The number of ether oxygens (including phenoxy) is 2. The van der Waals surface area contributed by atoms with Gasteiger partial charge in [0.15, 0.2) is 0 Å². The van der Waals surface area contributed by atoms with Crippen molar-refractivity contribution in [2.24, 2.45) is 10.8 Å². The number of amides is 2. The molecular weight excluding hydrogens is 354 g/mol. The zero-order valence-corrected chi connectivity index (χ0v) is 16.0. The first-order valence-electron chi connectivity index (χ1n) is 9.75. The number of nitrogens with zero attached hydrogens (tertiary/aromatic N) is 1. The molecule has 2 amide bonds. The van der Waals surface area contributed by atoms with Gasteiger partial charge in [-0.05, 0) is 66.3 Å². The van der Waals surface area contributed by atoms with Crippen LogP contribution in [0.4, 0.5) is 4.79 Å². The van der Waals surface area contributed by atoms with E-state index in [9.17, 15) is 4.79 Å². The van der Waals surface area contributed by atoms with Crippen molar-refractivity contribution >= 4 is 12.2 Å². The standard InChI is InChI=1S/C22H27N3O3/c23-22(26)25-24-16-17-6-10-20(11-7-17)27-14-15-28-21-12-8-19(9-13-21)18-4-2-1-3-5-18/h6-13,16,18H,1-5,14-15H2,(H3,23,25,26). The number of hydrazone groups is 1. The van der Waals surface area contributed by atoms with Gasteiger partial charge in [-0.3, -0.25) is 0 Å². The molecule has 0 radical (unpaired) electrons. The van der Waals surface area contributed by atoms with Gasteiger partial charge in [0.05, 0.1) is 6.21 Å². The van der Waals surface area contributed by atoms with Crippen LogP contribution in [0.3, 0.4) is 0 Å². The molecule has 6 nitrogen and oxygen atoms in total. The van der Waals surface area contributed by atoms with Gasteiger partial charge in [0.25, 0.3) is 0 Å². The number of hydrogen-bond donors (Lipinski definition) is 2. The van der Waals surface area contributed by atoms with Crippen molar-refractivity contribution in [1.29, 1.82) is 0 Å². The Balaban J connectivity index is 1.38. The largest absolute Gasteiger partial charge is 0.490 e. The van der Waals surface area contributed by atoms with Gasteiger partial charge >= 0.3 is 6.03 Å². The lowest BCUT2D eigenvalue weighted by molar-refractivity contribution is 0.217. The van der Waals surface area contributed by atoms with Gasteiger partial charge in [-0.2, -0.15) is 5.10 Å². The summed E-state index contributed by atoms with van der Waals surface area (Å²) in [6, 6.07) is 15.2. The number of rotatable bonds is 8. The Morgan fingerprint density at radius 3 is 2.11 bits per heavy atom. The van der Waals surface area contributed by atoms with Gasteiger partial charge in [0.2, 0.25) is 0 Å². The van der Waals surface area contributed by atoms with Crippen molar-refractivity contribution in [1.82, 2.24) is 5.43 Å². The molecule has 6 heteroatoms. The molecule has 0 bridgehead atoms. The smallest absolute Gasteiger partial charge is 0.332 e. The molecule has 0 heterocycles. The van der Waals surface area contributed by atoms with E-state index < -0.39 is 6.03 Å². The molecule has 0 atom stereocenters. The van der Waals surface area contributed by atoms with Crippen molar-refractivity contribution in [3.05, 3.63) is 59.7 Å². The van der Waals surface area contributed by atoms with E-state index in [0.29, 0.717) is 19.1 Å². The molecule has 2 aromatic rings. The molecule has 0 saturated heterocycles. The quantitative estimate of drug-likeness (QED) is 0.408. The third-order valence-corrected chi connectivity index (χ3v) is 4.85. The van der Waals surface area contributed by atoms with E-state index in [1.165, 1.54) is 43.9 Å². The Bertz CT molecular complexity index is 767. The van der Waals surface area contributed by atoms with Gasteiger partial charge in [0, 0.05) is 0 Å². The molecule has 1 saturated carbocycles. The number of urea groups is 1. The number of carbonyl (C=O) groups excluding carboxylic acids is 1. The first kappa shape index (κ1) is 19.7. The minimum atomic E-state index is -0.695. The highest BCUT2D eigenvalue weighted by atomic mass is 16.5. The monoisotopic (exact) mass is 381 g/mol. The van der Waals surface area contributed by atoms with Gasteiger partial charge in [-0.1, -0.05) is 31.4 Å². The summed E-state index contributed by atoms with van der Waals surface area (Å²) in [5, 5.41) is 3.71. The average Bonchev–Trinajstić information content (AvgIpc) is 2.73.